The number of aryl methyl sites for hydroxylation is 1. The van der Waals surface area contributed by atoms with Crippen LogP contribution in [0, 0.1) is 0 Å². The first-order chi connectivity index (χ1) is 15.0. The molecule has 1 unspecified atom stereocenters. The summed E-state index contributed by atoms with van der Waals surface area (Å²) in [5.41, 5.74) is 1.41. The number of nitrogens with one attached hydrogen (secondary N) is 1. The Hall–Kier alpha value is -2.71. The van der Waals surface area contributed by atoms with Crippen molar-refractivity contribution in [2.75, 3.05) is 32.7 Å². The maximum Gasteiger partial charge on any atom is 0.325 e. The molecule has 0 saturated carbocycles. The van der Waals surface area contributed by atoms with Gasteiger partial charge in [-0.25, -0.2) is 4.79 Å². The van der Waals surface area contributed by atoms with Gasteiger partial charge in [0.1, 0.15) is 12.1 Å². The van der Waals surface area contributed by atoms with E-state index in [2.05, 4.69) is 33.8 Å². The standard InChI is InChI=1S/C23H26N4O3S/c28-20(26-11-9-25(10-12-26)15-19-6-3-13-31-19)16-27-21(29)23(24-22(27)30)8-7-17-4-1-2-5-18(17)14-23/h1-6,13H,7-12,14-16H2,(H,24,30). The summed E-state index contributed by atoms with van der Waals surface area (Å²) in [6.07, 6.45) is 1.80. The largest absolute Gasteiger partial charge is 0.339 e. The number of fused-ring (bicyclic) bond motifs is 1. The van der Waals surface area contributed by atoms with Gasteiger partial charge in [0, 0.05) is 44.0 Å². The van der Waals surface area contributed by atoms with Gasteiger partial charge in [-0.1, -0.05) is 30.3 Å². The number of urea groups is 1. The monoisotopic (exact) mass is 438 g/mol. The zero-order valence-electron chi connectivity index (χ0n) is 17.4. The zero-order valence-corrected chi connectivity index (χ0v) is 18.2. The highest BCUT2D eigenvalue weighted by Crippen LogP contribution is 2.33. The molecule has 31 heavy (non-hydrogen) atoms. The molecule has 1 aromatic heterocycles. The van der Waals surface area contributed by atoms with E-state index >= 15 is 0 Å². The molecular weight excluding hydrogens is 412 g/mol. The Balaban J connectivity index is 1.19. The highest BCUT2D eigenvalue weighted by Gasteiger charge is 2.52. The molecule has 2 fully saturated rings. The van der Waals surface area contributed by atoms with Gasteiger partial charge in [0.25, 0.3) is 5.91 Å². The molecule has 5 rings (SSSR count). The number of carbonyl (C=O) groups is 3. The van der Waals surface area contributed by atoms with Crippen LogP contribution in [0.15, 0.2) is 41.8 Å². The molecule has 2 aromatic rings. The predicted octanol–water partition coefficient (Wildman–Crippen LogP) is 1.87. The average Bonchev–Trinajstić information content (AvgIpc) is 3.37. The summed E-state index contributed by atoms with van der Waals surface area (Å²) in [6, 6.07) is 11.8. The second-order valence-corrected chi connectivity index (χ2v) is 9.62. The van der Waals surface area contributed by atoms with Gasteiger partial charge in [-0.05, 0) is 35.4 Å². The molecule has 4 amide bonds. The Morgan fingerprint density at radius 3 is 2.55 bits per heavy atom. The van der Waals surface area contributed by atoms with Gasteiger partial charge in [0.05, 0.1) is 0 Å². The van der Waals surface area contributed by atoms with Gasteiger partial charge < -0.3 is 10.2 Å². The van der Waals surface area contributed by atoms with Crippen LogP contribution in [0.1, 0.15) is 22.4 Å². The predicted molar refractivity (Wildman–Crippen MR) is 118 cm³/mol. The third-order valence-corrected chi connectivity index (χ3v) is 7.52. The minimum atomic E-state index is -0.912. The highest BCUT2D eigenvalue weighted by atomic mass is 32.1. The van der Waals surface area contributed by atoms with Gasteiger partial charge in [-0.2, -0.15) is 0 Å². The lowest BCUT2D eigenvalue weighted by Crippen LogP contribution is -2.53. The number of carbonyl (C=O) groups excluding carboxylic acids is 3. The average molecular weight is 439 g/mol. The van der Waals surface area contributed by atoms with Crippen LogP contribution in [0.5, 0.6) is 0 Å². The Kier molecular flexibility index (Phi) is 5.27. The lowest BCUT2D eigenvalue weighted by atomic mass is 9.78. The zero-order chi connectivity index (χ0) is 21.4. The third-order valence-electron chi connectivity index (χ3n) is 6.66. The van der Waals surface area contributed by atoms with Crippen LogP contribution in [0.3, 0.4) is 0 Å². The van der Waals surface area contributed by atoms with Crippen LogP contribution in [-0.2, 0) is 29.0 Å². The highest BCUT2D eigenvalue weighted by molar-refractivity contribution is 7.09. The van der Waals surface area contributed by atoms with Crippen molar-refractivity contribution in [3.05, 3.63) is 57.8 Å². The summed E-state index contributed by atoms with van der Waals surface area (Å²) >= 11 is 1.74. The maximum atomic E-state index is 13.2. The Bertz CT molecular complexity index is 1000. The second kappa shape index (κ2) is 8.09. The van der Waals surface area contributed by atoms with Gasteiger partial charge in [-0.15, -0.1) is 11.3 Å². The number of hydrogen-bond donors (Lipinski definition) is 1. The van der Waals surface area contributed by atoms with E-state index in [0.29, 0.717) is 25.9 Å². The van der Waals surface area contributed by atoms with Crippen LogP contribution >= 0.6 is 11.3 Å². The van der Waals surface area contributed by atoms with Crippen LogP contribution < -0.4 is 5.32 Å². The third kappa shape index (κ3) is 3.85. The molecular formula is C23H26N4O3S. The molecule has 162 valence electrons. The SMILES string of the molecule is O=C(CN1C(=O)NC2(CCc3ccccc3C2)C1=O)N1CCN(Cc2cccs2)CC1. The molecule has 7 nitrogen and oxygen atoms in total. The minimum absolute atomic E-state index is 0.160. The molecule has 0 radical (unpaired) electrons. The molecule has 1 N–H and O–H groups in total. The first kappa shape index (κ1) is 20.2. The van der Waals surface area contributed by atoms with Gasteiger partial charge >= 0.3 is 6.03 Å². The summed E-state index contributed by atoms with van der Waals surface area (Å²) in [7, 11) is 0. The number of amides is 4. The van der Waals surface area contributed by atoms with Crippen molar-refractivity contribution in [2.24, 2.45) is 0 Å². The van der Waals surface area contributed by atoms with Gasteiger partial charge in [-0.3, -0.25) is 19.4 Å². The van der Waals surface area contributed by atoms with Crippen LogP contribution in [0.4, 0.5) is 4.79 Å². The normalized spacial score (nSPS) is 23.9. The summed E-state index contributed by atoms with van der Waals surface area (Å²) in [4.78, 5) is 45.3. The molecule has 1 aliphatic carbocycles. The number of thiophene rings is 1. The van der Waals surface area contributed by atoms with E-state index < -0.39 is 11.6 Å². The summed E-state index contributed by atoms with van der Waals surface area (Å²) in [6.45, 7) is 3.55. The summed E-state index contributed by atoms with van der Waals surface area (Å²) < 4.78 is 0. The van der Waals surface area contributed by atoms with Crippen molar-refractivity contribution in [3.8, 4) is 0 Å². The number of hydrogen-bond acceptors (Lipinski definition) is 5. The lowest BCUT2D eigenvalue weighted by molar-refractivity contribution is -0.140. The van der Waals surface area contributed by atoms with Crippen LogP contribution in [0.2, 0.25) is 0 Å². The molecule has 8 heteroatoms. The van der Waals surface area contributed by atoms with E-state index in [1.165, 1.54) is 10.4 Å². The maximum absolute atomic E-state index is 13.2. The lowest BCUT2D eigenvalue weighted by Gasteiger charge is -2.35. The van der Waals surface area contributed by atoms with E-state index in [4.69, 9.17) is 0 Å². The van der Waals surface area contributed by atoms with Crippen molar-refractivity contribution in [1.82, 2.24) is 20.0 Å². The second-order valence-electron chi connectivity index (χ2n) is 8.59. The van der Waals surface area contributed by atoms with Gasteiger partial charge in [0.2, 0.25) is 5.91 Å². The van der Waals surface area contributed by atoms with E-state index in [-0.39, 0.29) is 18.4 Å². The Morgan fingerprint density at radius 1 is 1.03 bits per heavy atom. The number of rotatable bonds is 4. The van der Waals surface area contributed by atoms with Crippen molar-refractivity contribution in [1.29, 1.82) is 0 Å². The number of imide groups is 1. The van der Waals surface area contributed by atoms with Crippen molar-refractivity contribution in [2.45, 2.75) is 31.3 Å². The fourth-order valence-electron chi connectivity index (χ4n) is 4.86. The number of piperazine rings is 1. The Labute approximate surface area is 185 Å². The van der Waals surface area contributed by atoms with Crippen LogP contribution in [-0.4, -0.2) is 70.8 Å². The van der Waals surface area contributed by atoms with Crippen LogP contribution in [0.25, 0.3) is 0 Å². The molecule has 2 aliphatic heterocycles. The topological polar surface area (TPSA) is 73.0 Å². The quantitative estimate of drug-likeness (QED) is 0.740. The van der Waals surface area contributed by atoms with E-state index in [1.54, 1.807) is 16.2 Å². The molecule has 2 saturated heterocycles. The smallest absolute Gasteiger partial charge is 0.325 e. The van der Waals surface area contributed by atoms with E-state index in [0.717, 1.165) is 36.5 Å². The van der Waals surface area contributed by atoms with E-state index in [1.807, 2.05) is 18.2 Å². The fraction of sp³-hybridized carbons (Fsp3) is 0.435. The molecule has 1 aromatic carbocycles. The van der Waals surface area contributed by atoms with Crippen molar-refractivity contribution >= 4 is 29.2 Å². The molecule has 3 heterocycles. The molecule has 1 spiro atoms. The van der Waals surface area contributed by atoms with Crippen molar-refractivity contribution < 1.29 is 14.4 Å². The fourth-order valence-corrected chi connectivity index (χ4v) is 5.60. The van der Waals surface area contributed by atoms with Crippen molar-refractivity contribution in [3.63, 3.8) is 0 Å². The molecule has 1 atom stereocenters. The first-order valence-electron chi connectivity index (χ1n) is 10.8. The Morgan fingerprint density at radius 2 is 1.81 bits per heavy atom. The first-order valence-corrected chi connectivity index (χ1v) is 11.7. The number of nitrogens with zero attached hydrogens (tertiary/aromatic N) is 3. The molecule has 0 bridgehead atoms. The van der Waals surface area contributed by atoms with Gasteiger partial charge in [0.15, 0.2) is 0 Å². The molecule has 3 aliphatic rings. The summed E-state index contributed by atoms with van der Waals surface area (Å²) in [5, 5.41) is 4.98. The van der Waals surface area contributed by atoms with E-state index in [9.17, 15) is 14.4 Å². The minimum Gasteiger partial charge on any atom is -0.339 e. The summed E-state index contributed by atoms with van der Waals surface area (Å²) in [5.74, 6) is -0.427. The number of benzene rings is 1.